The number of benzene rings is 1. The molecule has 0 radical (unpaired) electrons. The molecule has 1 aliphatic heterocycles. The van der Waals surface area contributed by atoms with Gasteiger partial charge in [0.05, 0.1) is 0 Å². The lowest BCUT2D eigenvalue weighted by molar-refractivity contribution is -0.122. The van der Waals surface area contributed by atoms with Crippen LogP contribution in [0.1, 0.15) is 37.0 Å². The minimum atomic E-state index is -0.503. The minimum absolute atomic E-state index is 0.0404. The first-order valence-electron chi connectivity index (χ1n) is 8.50. The van der Waals surface area contributed by atoms with E-state index in [9.17, 15) is 14.4 Å². The third-order valence-corrected chi connectivity index (χ3v) is 4.73. The third kappa shape index (κ3) is 6.27. The average molecular weight is 377 g/mol. The van der Waals surface area contributed by atoms with Crippen molar-refractivity contribution in [2.24, 2.45) is 4.99 Å². The van der Waals surface area contributed by atoms with E-state index in [0.717, 1.165) is 6.42 Å². The third-order valence-electron chi connectivity index (χ3n) is 3.61. The standard InChI is InChI=1S/C18H23N3O4S/c1-3-25-9-5-8-19-18-21-17(24)15(26-18)11-16(23)20-14-7-4-6-13(10-14)12(2)22/h4,6-7,10,15H,3,5,8-9,11H2,1-2H3,(H,20,23)(H,19,21,24)/t15-/m1/s1. The summed E-state index contributed by atoms with van der Waals surface area (Å²) in [4.78, 5) is 39.9. The lowest BCUT2D eigenvalue weighted by Crippen LogP contribution is -2.28. The SMILES string of the molecule is CCOCCCN=C1NC(=O)[C@@H](CC(=O)Nc2cccc(C(C)=O)c2)S1. The number of Topliss-reactive ketones (excluding diaryl/α,β-unsaturated/α-hetero) is 1. The first-order chi connectivity index (χ1) is 12.5. The molecule has 1 fully saturated rings. The number of ether oxygens (including phenoxy) is 1. The van der Waals surface area contributed by atoms with Crippen LogP contribution in [0.4, 0.5) is 5.69 Å². The number of nitrogens with zero attached hydrogens (tertiary/aromatic N) is 1. The van der Waals surface area contributed by atoms with Gasteiger partial charge in [-0.05, 0) is 32.4 Å². The number of ketones is 1. The number of thioether (sulfide) groups is 1. The van der Waals surface area contributed by atoms with Gasteiger partial charge in [0.25, 0.3) is 0 Å². The molecule has 0 spiro atoms. The highest BCUT2D eigenvalue weighted by atomic mass is 32.2. The Kier molecular flexibility index (Phi) is 7.80. The van der Waals surface area contributed by atoms with Gasteiger partial charge in [0, 0.05) is 37.4 Å². The monoisotopic (exact) mass is 377 g/mol. The number of amidine groups is 1. The number of rotatable bonds is 9. The molecule has 1 heterocycles. The molecule has 0 bridgehead atoms. The van der Waals surface area contributed by atoms with Crippen molar-refractivity contribution in [1.82, 2.24) is 5.32 Å². The van der Waals surface area contributed by atoms with Gasteiger partial charge in [0.2, 0.25) is 11.8 Å². The van der Waals surface area contributed by atoms with Crippen molar-refractivity contribution in [2.45, 2.75) is 31.9 Å². The second kappa shape index (κ2) is 10.1. The molecule has 7 nitrogen and oxygen atoms in total. The molecular formula is C18H23N3O4S. The Labute approximate surface area is 157 Å². The van der Waals surface area contributed by atoms with E-state index in [1.807, 2.05) is 6.92 Å². The van der Waals surface area contributed by atoms with Crippen LogP contribution in [0.25, 0.3) is 0 Å². The maximum Gasteiger partial charge on any atom is 0.240 e. The topological polar surface area (TPSA) is 96.9 Å². The number of nitrogens with one attached hydrogen (secondary N) is 2. The van der Waals surface area contributed by atoms with Gasteiger partial charge in [-0.2, -0.15) is 0 Å². The first kappa shape index (κ1) is 20.1. The van der Waals surface area contributed by atoms with Crippen LogP contribution in [0.2, 0.25) is 0 Å². The van der Waals surface area contributed by atoms with Crippen LogP contribution in [-0.2, 0) is 14.3 Å². The molecular weight excluding hydrogens is 354 g/mol. The van der Waals surface area contributed by atoms with Crippen LogP contribution in [0.15, 0.2) is 29.3 Å². The van der Waals surface area contributed by atoms with Gasteiger partial charge in [-0.1, -0.05) is 23.9 Å². The van der Waals surface area contributed by atoms with Gasteiger partial charge >= 0.3 is 0 Å². The molecule has 2 N–H and O–H groups in total. The van der Waals surface area contributed by atoms with Crippen LogP contribution in [0.3, 0.4) is 0 Å². The molecule has 26 heavy (non-hydrogen) atoms. The van der Waals surface area contributed by atoms with Gasteiger partial charge in [-0.15, -0.1) is 0 Å². The van der Waals surface area contributed by atoms with E-state index >= 15 is 0 Å². The summed E-state index contributed by atoms with van der Waals surface area (Å²) in [6.07, 6.45) is 0.824. The Hall–Kier alpha value is -2.19. The van der Waals surface area contributed by atoms with E-state index in [2.05, 4.69) is 15.6 Å². The normalized spacial score (nSPS) is 18.0. The van der Waals surface area contributed by atoms with E-state index in [4.69, 9.17) is 4.74 Å². The molecule has 1 aromatic carbocycles. The van der Waals surface area contributed by atoms with E-state index < -0.39 is 5.25 Å². The average Bonchev–Trinajstić information content (AvgIpc) is 2.94. The predicted octanol–water partition coefficient (Wildman–Crippen LogP) is 2.23. The molecule has 0 aromatic heterocycles. The summed E-state index contributed by atoms with van der Waals surface area (Å²) in [7, 11) is 0. The summed E-state index contributed by atoms with van der Waals surface area (Å²) in [5.74, 6) is -0.570. The fraction of sp³-hybridized carbons (Fsp3) is 0.444. The van der Waals surface area contributed by atoms with Crippen molar-refractivity contribution >= 4 is 40.2 Å². The molecule has 1 aliphatic rings. The van der Waals surface area contributed by atoms with Crippen molar-refractivity contribution in [2.75, 3.05) is 25.1 Å². The first-order valence-corrected chi connectivity index (χ1v) is 9.38. The van der Waals surface area contributed by atoms with Gasteiger partial charge in [-0.3, -0.25) is 19.4 Å². The van der Waals surface area contributed by atoms with Crippen molar-refractivity contribution < 1.29 is 19.1 Å². The summed E-state index contributed by atoms with van der Waals surface area (Å²) in [6, 6.07) is 6.72. The number of hydrogen-bond donors (Lipinski definition) is 2. The molecule has 1 aromatic rings. The molecule has 2 rings (SSSR count). The summed E-state index contributed by atoms with van der Waals surface area (Å²) < 4.78 is 5.24. The van der Waals surface area contributed by atoms with E-state index in [-0.39, 0.29) is 24.0 Å². The Balaban J connectivity index is 1.83. The van der Waals surface area contributed by atoms with Crippen LogP contribution in [0, 0.1) is 0 Å². The Morgan fingerprint density at radius 3 is 2.92 bits per heavy atom. The summed E-state index contributed by atoms with van der Waals surface area (Å²) in [5, 5.41) is 5.46. The number of carbonyl (C=O) groups excluding carboxylic acids is 3. The van der Waals surface area contributed by atoms with Crippen LogP contribution < -0.4 is 10.6 Å². The maximum atomic E-state index is 12.2. The van der Waals surface area contributed by atoms with Gasteiger partial charge in [-0.25, -0.2) is 0 Å². The lowest BCUT2D eigenvalue weighted by Gasteiger charge is -2.08. The summed E-state index contributed by atoms with van der Waals surface area (Å²) in [5.41, 5.74) is 1.06. The molecule has 0 aliphatic carbocycles. The van der Waals surface area contributed by atoms with Crippen molar-refractivity contribution in [3.63, 3.8) is 0 Å². The zero-order chi connectivity index (χ0) is 18.9. The summed E-state index contributed by atoms with van der Waals surface area (Å²) in [6.45, 7) is 5.28. The second-order valence-corrected chi connectivity index (χ2v) is 6.91. The summed E-state index contributed by atoms with van der Waals surface area (Å²) >= 11 is 1.26. The lowest BCUT2D eigenvalue weighted by atomic mass is 10.1. The van der Waals surface area contributed by atoms with Crippen molar-refractivity contribution in [3.05, 3.63) is 29.8 Å². The van der Waals surface area contributed by atoms with E-state index in [1.54, 1.807) is 24.3 Å². The van der Waals surface area contributed by atoms with Crippen LogP contribution >= 0.6 is 11.8 Å². The quantitative estimate of drug-likeness (QED) is 0.508. The fourth-order valence-corrected chi connectivity index (χ4v) is 3.30. The van der Waals surface area contributed by atoms with Crippen LogP contribution in [0.5, 0.6) is 0 Å². The fourth-order valence-electron chi connectivity index (χ4n) is 2.30. The highest BCUT2D eigenvalue weighted by molar-refractivity contribution is 8.15. The molecule has 0 unspecified atom stereocenters. The largest absolute Gasteiger partial charge is 0.382 e. The molecule has 8 heteroatoms. The Morgan fingerprint density at radius 1 is 1.38 bits per heavy atom. The highest BCUT2D eigenvalue weighted by Crippen LogP contribution is 2.23. The highest BCUT2D eigenvalue weighted by Gasteiger charge is 2.31. The number of anilines is 1. The number of amides is 2. The van der Waals surface area contributed by atoms with Crippen LogP contribution in [-0.4, -0.2) is 47.8 Å². The number of hydrogen-bond acceptors (Lipinski definition) is 6. The molecule has 0 saturated carbocycles. The Bertz CT molecular complexity index is 705. The molecule has 140 valence electrons. The van der Waals surface area contributed by atoms with Crippen molar-refractivity contribution in [1.29, 1.82) is 0 Å². The van der Waals surface area contributed by atoms with Gasteiger partial charge in [0.15, 0.2) is 11.0 Å². The second-order valence-electron chi connectivity index (χ2n) is 5.72. The van der Waals surface area contributed by atoms with Crippen molar-refractivity contribution in [3.8, 4) is 0 Å². The van der Waals surface area contributed by atoms with Gasteiger partial charge < -0.3 is 15.4 Å². The van der Waals surface area contributed by atoms with E-state index in [0.29, 0.717) is 36.2 Å². The molecule has 1 atom stereocenters. The van der Waals surface area contributed by atoms with Gasteiger partial charge in [0.1, 0.15) is 5.25 Å². The predicted molar refractivity (Wildman–Crippen MR) is 103 cm³/mol. The van der Waals surface area contributed by atoms with E-state index in [1.165, 1.54) is 18.7 Å². The number of aliphatic imine (C=N–C) groups is 1. The minimum Gasteiger partial charge on any atom is -0.382 e. The molecule has 2 amide bonds. The number of carbonyl (C=O) groups is 3. The Morgan fingerprint density at radius 2 is 2.19 bits per heavy atom. The zero-order valence-electron chi connectivity index (χ0n) is 14.9. The zero-order valence-corrected chi connectivity index (χ0v) is 15.7. The maximum absolute atomic E-state index is 12.2. The molecule has 1 saturated heterocycles. The smallest absolute Gasteiger partial charge is 0.240 e.